The van der Waals surface area contributed by atoms with Crippen LogP contribution < -0.4 is 21.1 Å². The number of hydrogen-bond donors (Lipinski definition) is 3. The van der Waals surface area contributed by atoms with Gasteiger partial charge in [0.25, 0.3) is 0 Å². The number of hydrogen-bond acceptors (Lipinski definition) is 4. The van der Waals surface area contributed by atoms with Crippen molar-refractivity contribution in [2.75, 3.05) is 32.7 Å². The predicted molar refractivity (Wildman–Crippen MR) is 97.9 cm³/mol. The van der Waals surface area contributed by atoms with Gasteiger partial charge in [0.1, 0.15) is 5.75 Å². The summed E-state index contributed by atoms with van der Waals surface area (Å²) in [5, 5.41) is 5.65. The van der Waals surface area contributed by atoms with Gasteiger partial charge in [-0.15, -0.1) is 24.0 Å². The number of carbonyl (C=O) groups is 1. The number of aliphatic imine (C=N–C) groups is 1. The molecule has 8 heteroatoms. The van der Waals surface area contributed by atoms with Gasteiger partial charge in [-0.2, -0.15) is 0 Å². The van der Waals surface area contributed by atoms with Crippen LogP contribution in [0.3, 0.4) is 0 Å². The summed E-state index contributed by atoms with van der Waals surface area (Å²) < 4.78 is 10.1. The van der Waals surface area contributed by atoms with E-state index in [4.69, 9.17) is 15.2 Å². The smallest absolute Gasteiger partial charge is 0.221 e. The molecular formula is C14H23IN4O3. The summed E-state index contributed by atoms with van der Waals surface area (Å²) in [5.74, 6) is 0.794. The van der Waals surface area contributed by atoms with Gasteiger partial charge >= 0.3 is 0 Å². The first-order chi connectivity index (χ1) is 10.1. The van der Waals surface area contributed by atoms with Crippen LogP contribution in [0.15, 0.2) is 23.2 Å². The highest BCUT2D eigenvalue weighted by Gasteiger charge is 2.05. The van der Waals surface area contributed by atoms with Crippen LogP contribution in [0.2, 0.25) is 0 Å². The number of methoxy groups -OCH3 is 2. The minimum Gasteiger partial charge on any atom is -0.495 e. The van der Waals surface area contributed by atoms with E-state index in [0.717, 1.165) is 5.56 Å². The lowest BCUT2D eigenvalue weighted by atomic mass is 10.2. The first-order valence-electron chi connectivity index (χ1n) is 6.54. The number of nitrogens with zero attached hydrogens (tertiary/aromatic N) is 1. The maximum atomic E-state index is 11.2. The fourth-order valence-corrected chi connectivity index (χ4v) is 1.65. The average molecular weight is 422 g/mol. The molecule has 0 heterocycles. The Morgan fingerprint density at radius 2 is 2.09 bits per heavy atom. The molecule has 0 saturated carbocycles. The molecule has 1 amide bonds. The zero-order valence-corrected chi connectivity index (χ0v) is 15.3. The summed E-state index contributed by atoms with van der Waals surface area (Å²) in [6.45, 7) is 3.02. The lowest BCUT2D eigenvalue weighted by molar-refractivity contribution is -0.114. The molecule has 1 aromatic rings. The van der Waals surface area contributed by atoms with Gasteiger partial charge in [-0.1, -0.05) is 6.07 Å². The summed E-state index contributed by atoms with van der Waals surface area (Å²) in [5.41, 5.74) is 7.25. The minimum atomic E-state index is -0.158. The SMILES string of the molecule is COCCNC(N)=NCc1ccc(OC)c(NC(C)=O)c1.I. The highest BCUT2D eigenvalue weighted by Crippen LogP contribution is 2.25. The number of carbonyl (C=O) groups excluding carboxylic acids is 1. The zero-order chi connectivity index (χ0) is 15.7. The summed E-state index contributed by atoms with van der Waals surface area (Å²) in [4.78, 5) is 15.4. The molecule has 0 aromatic heterocycles. The molecule has 7 nitrogen and oxygen atoms in total. The molecule has 0 bridgehead atoms. The van der Waals surface area contributed by atoms with Crippen LogP contribution in [0, 0.1) is 0 Å². The highest BCUT2D eigenvalue weighted by molar-refractivity contribution is 14.0. The van der Waals surface area contributed by atoms with Gasteiger partial charge < -0.3 is 25.8 Å². The minimum absolute atomic E-state index is 0. The van der Waals surface area contributed by atoms with Crippen molar-refractivity contribution in [3.63, 3.8) is 0 Å². The lowest BCUT2D eigenvalue weighted by Gasteiger charge is -2.10. The number of guanidine groups is 1. The molecule has 0 unspecified atom stereocenters. The molecule has 4 N–H and O–H groups in total. The Morgan fingerprint density at radius 3 is 2.68 bits per heavy atom. The fraction of sp³-hybridized carbons (Fsp3) is 0.429. The van der Waals surface area contributed by atoms with Gasteiger partial charge in [0.05, 0.1) is 25.9 Å². The van der Waals surface area contributed by atoms with Crippen LogP contribution in [-0.2, 0) is 16.1 Å². The Morgan fingerprint density at radius 1 is 1.36 bits per heavy atom. The van der Waals surface area contributed by atoms with Gasteiger partial charge in [0.2, 0.25) is 5.91 Å². The van der Waals surface area contributed by atoms with E-state index in [0.29, 0.717) is 37.1 Å². The molecule has 0 radical (unpaired) electrons. The topological polar surface area (TPSA) is 98.0 Å². The van der Waals surface area contributed by atoms with Crippen molar-refractivity contribution in [2.24, 2.45) is 10.7 Å². The number of benzene rings is 1. The van der Waals surface area contributed by atoms with E-state index < -0.39 is 0 Å². The normalized spacial score (nSPS) is 10.6. The Labute approximate surface area is 147 Å². The number of ether oxygens (including phenoxy) is 2. The molecule has 0 atom stereocenters. The number of halogens is 1. The average Bonchev–Trinajstić information content (AvgIpc) is 2.45. The van der Waals surface area contributed by atoms with Crippen molar-refractivity contribution in [1.29, 1.82) is 0 Å². The third kappa shape index (κ3) is 7.46. The lowest BCUT2D eigenvalue weighted by Crippen LogP contribution is -2.34. The number of anilines is 1. The third-order valence-electron chi connectivity index (χ3n) is 2.62. The molecule has 22 heavy (non-hydrogen) atoms. The van der Waals surface area contributed by atoms with E-state index in [9.17, 15) is 4.79 Å². The van der Waals surface area contributed by atoms with Gasteiger partial charge in [-0.3, -0.25) is 4.79 Å². The number of nitrogens with one attached hydrogen (secondary N) is 2. The van der Waals surface area contributed by atoms with Gasteiger partial charge in [0.15, 0.2) is 5.96 Å². The maximum absolute atomic E-state index is 11.2. The van der Waals surface area contributed by atoms with Crippen molar-refractivity contribution in [3.05, 3.63) is 23.8 Å². The second-order valence-corrected chi connectivity index (χ2v) is 4.34. The molecule has 0 spiro atoms. The monoisotopic (exact) mass is 422 g/mol. The quantitative estimate of drug-likeness (QED) is 0.267. The molecule has 1 aromatic carbocycles. The van der Waals surface area contributed by atoms with E-state index >= 15 is 0 Å². The van der Waals surface area contributed by atoms with E-state index in [1.54, 1.807) is 20.3 Å². The summed E-state index contributed by atoms with van der Waals surface area (Å²) in [6, 6.07) is 5.47. The Kier molecular flexibility index (Phi) is 10.3. The highest BCUT2D eigenvalue weighted by atomic mass is 127. The van der Waals surface area contributed by atoms with Crippen molar-refractivity contribution in [1.82, 2.24) is 5.32 Å². The number of amides is 1. The standard InChI is InChI=1S/C14H22N4O3.HI/c1-10(19)18-12-8-11(4-5-13(12)21-3)9-17-14(15)16-6-7-20-2;/h4-5,8H,6-7,9H2,1-3H3,(H,18,19)(H3,15,16,17);1H. The van der Waals surface area contributed by atoms with Crippen LogP contribution in [0.1, 0.15) is 12.5 Å². The van der Waals surface area contributed by atoms with E-state index in [-0.39, 0.29) is 29.9 Å². The zero-order valence-electron chi connectivity index (χ0n) is 13.0. The molecular weight excluding hydrogens is 399 g/mol. The third-order valence-corrected chi connectivity index (χ3v) is 2.62. The molecule has 0 saturated heterocycles. The van der Waals surface area contributed by atoms with Crippen molar-refractivity contribution >= 4 is 41.5 Å². The maximum Gasteiger partial charge on any atom is 0.221 e. The largest absolute Gasteiger partial charge is 0.495 e. The molecule has 1 rings (SSSR count). The summed E-state index contributed by atoms with van der Waals surface area (Å²) in [6.07, 6.45) is 0. The van der Waals surface area contributed by atoms with Crippen molar-refractivity contribution < 1.29 is 14.3 Å². The van der Waals surface area contributed by atoms with Crippen LogP contribution in [-0.4, -0.2) is 39.2 Å². The van der Waals surface area contributed by atoms with Gasteiger partial charge in [-0.05, 0) is 17.7 Å². The fourth-order valence-electron chi connectivity index (χ4n) is 1.65. The second kappa shape index (κ2) is 11.1. The van der Waals surface area contributed by atoms with Crippen LogP contribution >= 0.6 is 24.0 Å². The molecule has 124 valence electrons. The Hall–Kier alpha value is -1.55. The first-order valence-corrected chi connectivity index (χ1v) is 6.54. The number of nitrogens with two attached hydrogens (primary N) is 1. The van der Waals surface area contributed by atoms with Crippen LogP contribution in [0.5, 0.6) is 5.75 Å². The Balaban J connectivity index is 0.00000441. The van der Waals surface area contributed by atoms with Crippen molar-refractivity contribution in [3.8, 4) is 5.75 Å². The second-order valence-electron chi connectivity index (χ2n) is 4.34. The van der Waals surface area contributed by atoms with E-state index in [1.165, 1.54) is 6.92 Å². The summed E-state index contributed by atoms with van der Waals surface area (Å²) in [7, 11) is 3.17. The van der Waals surface area contributed by atoms with E-state index in [1.807, 2.05) is 12.1 Å². The van der Waals surface area contributed by atoms with E-state index in [2.05, 4.69) is 15.6 Å². The first kappa shape index (κ1) is 20.5. The van der Waals surface area contributed by atoms with Crippen LogP contribution in [0.25, 0.3) is 0 Å². The van der Waals surface area contributed by atoms with Gasteiger partial charge in [-0.25, -0.2) is 4.99 Å². The molecule has 0 aliphatic carbocycles. The molecule has 0 fully saturated rings. The Bertz CT molecular complexity index is 509. The number of rotatable bonds is 7. The predicted octanol–water partition coefficient (Wildman–Crippen LogP) is 1.32. The molecule has 0 aliphatic rings. The molecule has 0 aliphatic heterocycles. The van der Waals surface area contributed by atoms with Gasteiger partial charge in [0, 0.05) is 20.6 Å². The van der Waals surface area contributed by atoms with Crippen LogP contribution in [0.4, 0.5) is 5.69 Å². The summed E-state index contributed by atoms with van der Waals surface area (Å²) >= 11 is 0. The van der Waals surface area contributed by atoms with Crippen molar-refractivity contribution in [2.45, 2.75) is 13.5 Å².